The van der Waals surface area contributed by atoms with Crippen molar-refractivity contribution in [2.24, 2.45) is 11.7 Å². The molecule has 0 bridgehead atoms. The lowest BCUT2D eigenvalue weighted by Gasteiger charge is -2.17. The summed E-state index contributed by atoms with van der Waals surface area (Å²) in [4.78, 5) is 0.365. The Morgan fingerprint density at radius 1 is 1.19 bits per heavy atom. The zero-order chi connectivity index (χ0) is 16.0. The van der Waals surface area contributed by atoms with E-state index >= 15 is 0 Å². The Balaban J connectivity index is 2.96. The van der Waals surface area contributed by atoms with Crippen molar-refractivity contribution in [2.75, 3.05) is 0 Å². The molecule has 3 N–H and O–H groups in total. The zero-order valence-corrected chi connectivity index (χ0v) is 14.3. The van der Waals surface area contributed by atoms with Gasteiger partial charge in [-0.3, -0.25) is 0 Å². The summed E-state index contributed by atoms with van der Waals surface area (Å²) >= 11 is 0. The Morgan fingerprint density at radius 3 is 2.38 bits per heavy atom. The second-order valence-corrected chi connectivity index (χ2v) is 7.68. The summed E-state index contributed by atoms with van der Waals surface area (Å²) < 4.78 is 28.0. The first-order valence-corrected chi connectivity index (χ1v) is 9.12. The maximum atomic E-state index is 12.6. The molecule has 120 valence electrons. The van der Waals surface area contributed by atoms with Crippen molar-refractivity contribution >= 4 is 10.0 Å². The first-order valence-electron chi connectivity index (χ1n) is 7.64. The third-order valence-corrected chi connectivity index (χ3v) is 5.24. The fourth-order valence-corrected chi connectivity index (χ4v) is 3.88. The van der Waals surface area contributed by atoms with Gasteiger partial charge in [-0.2, -0.15) is 0 Å². The number of sulfonamides is 1. The van der Waals surface area contributed by atoms with Gasteiger partial charge in [0.05, 0.1) is 4.90 Å². The summed E-state index contributed by atoms with van der Waals surface area (Å²) in [6.45, 7) is 8.49. The number of rotatable bonds is 8. The Morgan fingerprint density at radius 2 is 1.86 bits per heavy atom. The van der Waals surface area contributed by atoms with Crippen LogP contribution >= 0.6 is 0 Å². The highest BCUT2D eigenvalue weighted by atomic mass is 32.2. The van der Waals surface area contributed by atoms with Crippen molar-refractivity contribution in [3.05, 3.63) is 29.3 Å². The molecule has 0 aromatic heterocycles. The highest BCUT2D eigenvalue weighted by molar-refractivity contribution is 7.89. The quantitative estimate of drug-likeness (QED) is 0.775. The van der Waals surface area contributed by atoms with Gasteiger partial charge in [0.25, 0.3) is 0 Å². The van der Waals surface area contributed by atoms with Gasteiger partial charge >= 0.3 is 0 Å². The molecule has 0 saturated heterocycles. The normalized spacial score (nSPS) is 13.6. The number of hydrogen-bond donors (Lipinski definition) is 2. The molecule has 0 aliphatic rings. The van der Waals surface area contributed by atoms with Crippen molar-refractivity contribution in [3.63, 3.8) is 0 Å². The molecule has 5 heteroatoms. The highest BCUT2D eigenvalue weighted by Crippen LogP contribution is 2.19. The SMILES string of the molecule is CCc1ccc(CN)cc1S(=O)(=O)NC(C)CCC(C)C. The third kappa shape index (κ3) is 5.41. The molecule has 0 spiro atoms. The predicted molar refractivity (Wildman–Crippen MR) is 87.6 cm³/mol. The predicted octanol–water partition coefficient (Wildman–Crippen LogP) is 2.81. The fourth-order valence-electron chi connectivity index (χ4n) is 2.24. The fraction of sp³-hybridized carbons (Fsp3) is 0.625. The minimum absolute atomic E-state index is 0.0661. The van der Waals surface area contributed by atoms with E-state index < -0.39 is 10.0 Å². The zero-order valence-electron chi connectivity index (χ0n) is 13.5. The maximum Gasteiger partial charge on any atom is 0.241 e. The minimum atomic E-state index is -3.49. The molecule has 0 aliphatic heterocycles. The first kappa shape index (κ1) is 18.1. The van der Waals surface area contributed by atoms with E-state index in [1.165, 1.54) is 0 Å². The summed E-state index contributed by atoms with van der Waals surface area (Å²) in [6.07, 6.45) is 2.53. The van der Waals surface area contributed by atoms with Gasteiger partial charge in [0.1, 0.15) is 0 Å². The summed E-state index contributed by atoms with van der Waals surface area (Å²) in [5.74, 6) is 0.573. The van der Waals surface area contributed by atoms with Crippen LogP contribution in [0, 0.1) is 5.92 Å². The summed E-state index contributed by atoms with van der Waals surface area (Å²) in [6, 6.07) is 5.37. The van der Waals surface area contributed by atoms with Crippen LogP contribution in [-0.2, 0) is 23.0 Å². The average Bonchev–Trinajstić information content (AvgIpc) is 2.44. The third-order valence-electron chi connectivity index (χ3n) is 3.57. The molecule has 1 aromatic carbocycles. The topological polar surface area (TPSA) is 72.2 Å². The molecule has 1 aromatic rings. The number of nitrogens with two attached hydrogens (primary N) is 1. The van der Waals surface area contributed by atoms with Crippen molar-refractivity contribution in [1.29, 1.82) is 0 Å². The van der Waals surface area contributed by atoms with Gasteiger partial charge in [-0.25, -0.2) is 13.1 Å². The van der Waals surface area contributed by atoms with Crippen molar-refractivity contribution < 1.29 is 8.42 Å². The number of aryl methyl sites for hydroxylation is 1. The van der Waals surface area contributed by atoms with E-state index in [0.717, 1.165) is 24.0 Å². The molecule has 0 heterocycles. The number of nitrogens with one attached hydrogen (secondary N) is 1. The van der Waals surface area contributed by atoms with E-state index in [9.17, 15) is 8.42 Å². The smallest absolute Gasteiger partial charge is 0.241 e. The molecule has 0 aliphatic carbocycles. The molecule has 1 atom stereocenters. The molecule has 4 nitrogen and oxygen atoms in total. The van der Waals surface area contributed by atoms with E-state index in [0.29, 0.717) is 23.8 Å². The molecule has 21 heavy (non-hydrogen) atoms. The van der Waals surface area contributed by atoms with Gasteiger partial charge < -0.3 is 5.73 Å². The first-order chi connectivity index (χ1) is 9.80. The van der Waals surface area contributed by atoms with Crippen LogP contribution < -0.4 is 10.5 Å². The Kier molecular flexibility index (Phi) is 6.84. The van der Waals surface area contributed by atoms with Crippen molar-refractivity contribution in [2.45, 2.75) is 64.4 Å². The Bertz CT molecular complexity index is 553. The van der Waals surface area contributed by atoms with Crippen molar-refractivity contribution in [3.8, 4) is 0 Å². The molecule has 0 fully saturated rings. The summed E-state index contributed by atoms with van der Waals surface area (Å²) in [5.41, 5.74) is 7.29. The lowest BCUT2D eigenvalue weighted by Crippen LogP contribution is -2.33. The van der Waals surface area contributed by atoms with Crippen LogP contribution in [0.3, 0.4) is 0 Å². The number of benzene rings is 1. The molecule has 1 rings (SSSR count). The van der Waals surface area contributed by atoms with Crippen LogP contribution in [-0.4, -0.2) is 14.5 Å². The molecular weight excluding hydrogens is 284 g/mol. The molecule has 0 radical (unpaired) electrons. The van der Waals surface area contributed by atoms with Crippen LogP contribution in [0.15, 0.2) is 23.1 Å². The lowest BCUT2D eigenvalue weighted by molar-refractivity contribution is 0.485. The Hall–Kier alpha value is -0.910. The van der Waals surface area contributed by atoms with Crippen LogP contribution in [0.5, 0.6) is 0 Å². The standard InChI is InChI=1S/C16H28N2O2S/c1-5-15-9-8-14(11-17)10-16(15)21(19,20)18-13(4)7-6-12(2)3/h8-10,12-13,18H,5-7,11,17H2,1-4H3. The van der Waals surface area contributed by atoms with Crippen LogP contribution in [0.2, 0.25) is 0 Å². The molecule has 0 saturated carbocycles. The van der Waals surface area contributed by atoms with E-state index in [-0.39, 0.29) is 6.04 Å². The molecular formula is C16H28N2O2S. The average molecular weight is 312 g/mol. The largest absolute Gasteiger partial charge is 0.326 e. The van der Waals surface area contributed by atoms with E-state index in [1.807, 2.05) is 26.0 Å². The number of hydrogen-bond acceptors (Lipinski definition) is 3. The minimum Gasteiger partial charge on any atom is -0.326 e. The molecule has 1 unspecified atom stereocenters. The second kappa shape index (κ2) is 7.92. The van der Waals surface area contributed by atoms with Gasteiger partial charge in [0, 0.05) is 12.6 Å². The van der Waals surface area contributed by atoms with Gasteiger partial charge in [0.2, 0.25) is 10.0 Å². The Labute approximate surface area is 129 Å². The van der Waals surface area contributed by atoms with Gasteiger partial charge in [-0.05, 0) is 49.3 Å². The van der Waals surface area contributed by atoms with E-state index in [4.69, 9.17) is 5.73 Å². The summed E-state index contributed by atoms with van der Waals surface area (Å²) in [5, 5.41) is 0. The van der Waals surface area contributed by atoms with Gasteiger partial charge in [-0.1, -0.05) is 32.9 Å². The van der Waals surface area contributed by atoms with Crippen LogP contribution in [0.25, 0.3) is 0 Å². The van der Waals surface area contributed by atoms with Crippen LogP contribution in [0.4, 0.5) is 0 Å². The van der Waals surface area contributed by atoms with Gasteiger partial charge in [-0.15, -0.1) is 0 Å². The van der Waals surface area contributed by atoms with E-state index in [2.05, 4.69) is 18.6 Å². The monoisotopic (exact) mass is 312 g/mol. The lowest BCUT2D eigenvalue weighted by atomic mass is 10.1. The summed E-state index contributed by atoms with van der Waals surface area (Å²) in [7, 11) is -3.49. The van der Waals surface area contributed by atoms with Gasteiger partial charge in [0.15, 0.2) is 0 Å². The van der Waals surface area contributed by atoms with E-state index in [1.54, 1.807) is 6.07 Å². The molecule has 0 amide bonds. The second-order valence-electron chi connectivity index (χ2n) is 5.99. The maximum absolute atomic E-state index is 12.6. The van der Waals surface area contributed by atoms with Crippen LogP contribution in [0.1, 0.15) is 51.7 Å². The van der Waals surface area contributed by atoms with Crippen molar-refractivity contribution in [1.82, 2.24) is 4.72 Å². The highest BCUT2D eigenvalue weighted by Gasteiger charge is 2.20.